The number of phenols is 1. The average Bonchev–Trinajstić information content (AvgIpc) is 3.40. The first kappa shape index (κ1) is 47.2. The fourth-order valence-corrected chi connectivity index (χ4v) is 10.1. The second kappa shape index (κ2) is 19.9. The van der Waals surface area contributed by atoms with E-state index in [9.17, 15) is 5.11 Å². The minimum absolute atomic E-state index is 0.0202. The minimum Gasteiger partial charge on any atom is -0.505 e. The Hall–Kier alpha value is -7.30. The van der Waals surface area contributed by atoms with Gasteiger partial charge in [-0.15, -0.1) is 0 Å². The van der Waals surface area contributed by atoms with Crippen molar-refractivity contribution in [3.63, 3.8) is 0 Å². The van der Waals surface area contributed by atoms with Crippen LogP contribution in [0, 0.1) is 19.3 Å². The van der Waals surface area contributed by atoms with Crippen LogP contribution in [0.4, 0.5) is 22.7 Å². The van der Waals surface area contributed by atoms with Gasteiger partial charge in [-0.2, -0.15) is 0 Å². The van der Waals surface area contributed by atoms with Gasteiger partial charge in [-0.1, -0.05) is 155 Å². The van der Waals surface area contributed by atoms with Crippen LogP contribution in [0.2, 0.25) is 0 Å². The van der Waals surface area contributed by atoms with Gasteiger partial charge in [-0.25, -0.2) is 0 Å². The molecule has 2 atom stereocenters. The third kappa shape index (κ3) is 8.61. The van der Waals surface area contributed by atoms with E-state index in [4.69, 9.17) is 4.74 Å². The predicted octanol–water partition coefficient (Wildman–Crippen LogP) is 17.8. The van der Waals surface area contributed by atoms with Crippen molar-refractivity contribution < 1.29 is 9.84 Å². The Morgan fingerprint density at radius 1 is 0.824 bits per heavy atom. The molecule has 0 saturated heterocycles. The number of anilines is 4. The number of aromatic hydroxyl groups is 1. The van der Waals surface area contributed by atoms with Gasteiger partial charge >= 0.3 is 0 Å². The molecule has 0 radical (unpaired) electrons. The quantitative estimate of drug-likeness (QED) is 0.104. The third-order valence-corrected chi connectivity index (χ3v) is 14.1. The van der Waals surface area contributed by atoms with Gasteiger partial charge in [0.2, 0.25) is 0 Å². The Kier molecular flexibility index (Phi) is 13.8. The van der Waals surface area contributed by atoms with Crippen molar-refractivity contribution in [1.29, 1.82) is 0 Å². The molecular weight excluding hydrogens is 829 g/mol. The number of hydrogen-bond donors (Lipinski definition) is 1. The molecule has 2 unspecified atom stereocenters. The summed E-state index contributed by atoms with van der Waals surface area (Å²) in [6, 6.07) is 28.9. The van der Waals surface area contributed by atoms with Crippen LogP contribution in [0.3, 0.4) is 0 Å². The highest BCUT2D eigenvalue weighted by molar-refractivity contribution is 6.29. The van der Waals surface area contributed by atoms with E-state index in [1.165, 1.54) is 32.7 Å². The van der Waals surface area contributed by atoms with Crippen molar-refractivity contribution in [2.45, 2.75) is 81.1 Å². The molecule has 344 valence electrons. The lowest BCUT2D eigenvalue weighted by Gasteiger charge is -2.32. The number of para-hydroxylation sites is 1. The van der Waals surface area contributed by atoms with Crippen LogP contribution >= 0.6 is 0 Å². The van der Waals surface area contributed by atoms with Crippen LogP contribution < -0.4 is 9.80 Å². The average molecular weight is 895 g/mol. The summed E-state index contributed by atoms with van der Waals surface area (Å²) in [5.41, 5.74) is 12.7. The maximum absolute atomic E-state index is 12.4. The largest absolute Gasteiger partial charge is 0.505 e. The number of benzene rings is 6. The summed E-state index contributed by atoms with van der Waals surface area (Å²) in [6.45, 7) is 28.9. The molecular formula is C64H66N2O2. The van der Waals surface area contributed by atoms with Gasteiger partial charge in [0, 0.05) is 39.2 Å². The molecule has 2 aliphatic heterocycles. The number of rotatable bonds is 11. The lowest BCUT2D eigenvalue weighted by molar-refractivity contribution is 0.214. The second-order valence-corrected chi connectivity index (χ2v) is 18.5. The molecule has 0 fully saturated rings. The SMILES string of the molecule is C=C1/C=C\C=C2/CO/C(=C(/C=C\C)N(c3cc(C)c4ccc5c(N(C(/C=C\C=C/C)=C/C)c6cccc(C(C)/C=C\C=C/C)c6O)cc(C)c6ccc3c4c65)c3cccc(c3)CC2(C)CC)C1=C. The van der Waals surface area contributed by atoms with Gasteiger partial charge in [-0.05, 0) is 152 Å². The summed E-state index contributed by atoms with van der Waals surface area (Å²) in [5.74, 6) is 0.936. The molecule has 8 rings (SSSR count). The minimum atomic E-state index is -0.140. The molecule has 1 N–H and O–H groups in total. The first-order valence-corrected chi connectivity index (χ1v) is 24.1. The molecule has 4 nitrogen and oxygen atoms in total. The Bertz CT molecular complexity index is 3230. The van der Waals surface area contributed by atoms with Gasteiger partial charge in [0.1, 0.15) is 12.4 Å². The topological polar surface area (TPSA) is 35.9 Å². The number of nitrogens with zero attached hydrogens (tertiary/aromatic N) is 2. The summed E-state index contributed by atoms with van der Waals surface area (Å²) in [5, 5.41) is 19.3. The van der Waals surface area contributed by atoms with Crippen LogP contribution in [0.5, 0.6) is 5.75 Å². The van der Waals surface area contributed by atoms with Gasteiger partial charge in [0.25, 0.3) is 0 Å². The number of hydrogen-bond acceptors (Lipinski definition) is 4. The highest BCUT2D eigenvalue weighted by Gasteiger charge is 2.32. The Morgan fingerprint density at radius 3 is 2.24 bits per heavy atom. The van der Waals surface area contributed by atoms with Crippen LogP contribution in [0.25, 0.3) is 32.3 Å². The number of fused-ring (bicyclic) bond motifs is 5. The highest BCUT2D eigenvalue weighted by Crippen LogP contribution is 2.51. The lowest BCUT2D eigenvalue weighted by Crippen LogP contribution is -2.24. The molecule has 4 heteroatoms. The van der Waals surface area contributed by atoms with Crippen molar-refractivity contribution in [1.82, 2.24) is 0 Å². The van der Waals surface area contributed by atoms with Crippen LogP contribution in [0.15, 0.2) is 211 Å². The first-order valence-electron chi connectivity index (χ1n) is 24.1. The van der Waals surface area contributed by atoms with Crippen molar-refractivity contribution in [3.8, 4) is 5.75 Å². The van der Waals surface area contributed by atoms with E-state index in [0.717, 1.165) is 79.9 Å². The van der Waals surface area contributed by atoms with E-state index in [-0.39, 0.29) is 17.1 Å². The molecule has 2 heterocycles. The maximum Gasteiger partial charge on any atom is 0.150 e. The highest BCUT2D eigenvalue weighted by atomic mass is 16.5. The predicted molar refractivity (Wildman–Crippen MR) is 294 cm³/mol. The molecule has 2 aliphatic rings. The number of aryl methyl sites for hydroxylation is 2. The van der Waals surface area contributed by atoms with Crippen LogP contribution in [-0.2, 0) is 11.2 Å². The van der Waals surface area contributed by atoms with E-state index in [2.05, 4.69) is 193 Å². The summed E-state index contributed by atoms with van der Waals surface area (Å²) < 4.78 is 7.08. The molecule has 6 aromatic rings. The van der Waals surface area contributed by atoms with E-state index in [0.29, 0.717) is 18.1 Å². The fourth-order valence-electron chi connectivity index (χ4n) is 10.1. The number of allylic oxidation sites excluding steroid dienone is 15. The van der Waals surface area contributed by atoms with Gasteiger partial charge in [0.05, 0.1) is 22.8 Å². The summed E-state index contributed by atoms with van der Waals surface area (Å²) in [7, 11) is 0. The van der Waals surface area contributed by atoms with Gasteiger partial charge in [-0.3, -0.25) is 0 Å². The molecule has 68 heavy (non-hydrogen) atoms. The zero-order chi connectivity index (χ0) is 48.3. The standard InChI is InChI=1S/C64H66N2O2/c1-12-17-19-25-43(7)53-31-23-32-56(62(53)67)65(49(15-4)29-20-18-13-2)58-37-44(8)51-34-36-55-59(38-45(9)52-33-35-54(58)60(51)61(52)55)66-50-30-22-27-47(39-50)40-64(11,16-5)48-28-21-26-42(6)46(10)63(68-41-48)57(66)24-14-3/h12-15,17-39,43,67H,6,10,16,40-41H2,1-5,7-9,11H3/b17-12-,18-13-,24-14-,25-19-,26-21-,29-20-,48-28+,49-15+,63-57-. The van der Waals surface area contributed by atoms with Crippen molar-refractivity contribution in [3.05, 3.63) is 233 Å². The molecule has 0 aliphatic carbocycles. The summed E-state index contributed by atoms with van der Waals surface area (Å²) in [4.78, 5) is 4.62. The van der Waals surface area contributed by atoms with E-state index in [1.54, 1.807) is 0 Å². The maximum atomic E-state index is 12.4. The normalized spacial score (nSPS) is 20.3. The van der Waals surface area contributed by atoms with E-state index < -0.39 is 0 Å². The zero-order valence-electron chi connectivity index (χ0n) is 41.5. The van der Waals surface area contributed by atoms with E-state index in [1.807, 2.05) is 56.4 Å². The van der Waals surface area contributed by atoms with Gasteiger partial charge < -0.3 is 19.6 Å². The molecule has 0 saturated carbocycles. The lowest BCUT2D eigenvalue weighted by atomic mass is 9.74. The van der Waals surface area contributed by atoms with Crippen LogP contribution in [-0.4, -0.2) is 11.7 Å². The number of ether oxygens (including phenoxy) is 1. The van der Waals surface area contributed by atoms with Gasteiger partial charge in [0.15, 0.2) is 5.76 Å². The van der Waals surface area contributed by atoms with Crippen molar-refractivity contribution >= 4 is 55.1 Å². The van der Waals surface area contributed by atoms with E-state index >= 15 is 0 Å². The third-order valence-electron chi connectivity index (χ3n) is 14.1. The smallest absolute Gasteiger partial charge is 0.150 e. The zero-order valence-corrected chi connectivity index (χ0v) is 41.5. The summed E-state index contributed by atoms with van der Waals surface area (Å²) >= 11 is 0. The molecule has 6 aromatic carbocycles. The second-order valence-electron chi connectivity index (χ2n) is 18.5. The fraction of sp³-hybridized carbons (Fsp3) is 0.219. The first-order chi connectivity index (χ1) is 32.9. The number of phenolic OH excluding ortho intramolecular Hbond substituents is 1. The molecule has 0 spiro atoms. The molecule has 0 aromatic heterocycles. The van der Waals surface area contributed by atoms with Crippen molar-refractivity contribution in [2.75, 3.05) is 16.4 Å². The summed E-state index contributed by atoms with van der Waals surface area (Å²) in [6.07, 6.45) is 31.1. The molecule has 0 amide bonds. The molecule has 4 bridgehead atoms. The monoisotopic (exact) mass is 895 g/mol. The Morgan fingerprint density at radius 2 is 1.51 bits per heavy atom. The van der Waals surface area contributed by atoms with Crippen molar-refractivity contribution in [2.24, 2.45) is 5.41 Å². The Labute approximate surface area is 405 Å². The Balaban J connectivity index is 1.46. The van der Waals surface area contributed by atoms with Crippen LogP contribution in [0.1, 0.15) is 83.1 Å².